The van der Waals surface area contributed by atoms with Crippen molar-refractivity contribution in [3.05, 3.63) is 64.2 Å². The highest BCUT2D eigenvalue weighted by atomic mass is 32.2. The molecule has 0 amide bonds. The van der Waals surface area contributed by atoms with Crippen molar-refractivity contribution in [3.8, 4) is 5.75 Å². The number of fused-ring (bicyclic) bond motifs is 9. The molecule has 7 aliphatic rings. The first-order valence-corrected chi connectivity index (χ1v) is 20.9. The molecule has 3 heterocycles. The zero-order chi connectivity index (χ0) is 33.7. The van der Waals surface area contributed by atoms with Gasteiger partial charge in [-0.05, 0) is 114 Å². The van der Waals surface area contributed by atoms with Crippen LogP contribution in [0.25, 0.3) is 11.1 Å². The molecule has 9 rings (SSSR count). The van der Waals surface area contributed by atoms with E-state index in [2.05, 4.69) is 16.5 Å². The molecule has 0 spiro atoms. The van der Waals surface area contributed by atoms with Gasteiger partial charge in [-0.15, -0.1) is 0 Å². The lowest BCUT2D eigenvalue weighted by atomic mass is 9.78. The normalized spacial score (nSPS) is 32.0. The minimum Gasteiger partial charge on any atom is -0.858 e. The number of morpholine rings is 1. The molecule has 12 heteroatoms. The molecule has 3 unspecified atom stereocenters. The van der Waals surface area contributed by atoms with Crippen LogP contribution in [0.4, 0.5) is 0 Å². The Bertz CT molecular complexity index is 1960. The predicted octanol–water partition coefficient (Wildman–Crippen LogP) is 4.55. The van der Waals surface area contributed by atoms with Crippen LogP contribution in [0.15, 0.2) is 40.8 Å². The minimum atomic E-state index is -4.17. The van der Waals surface area contributed by atoms with Crippen molar-refractivity contribution in [2.75, 3.05) is 33.4 Å². The van der Waals surface area contributed by atoms with E-state index in [1.165, 1.54) is 21.9 Å². The first kappa shape index (κ1) is 32.2. The molecule has 2 aromatic carbocycles. The van der Waals surface area contributed by atoms with E-state index in [1.807, 2.05) is 22.5 Å². The molecule has 49 heavy (non-hydrogen) atoms. The van der Waals surface area contributed by atoms with Crippen LogP contribution in [0.5, 0.6) is 5.75 Å². The molecule has 3 aliphatic heterocycles. The molecule has 2 aromatic rings. The van der Waals surface area contributed by atoms with Crippen molar-refractivity contribution in [2.45, 2.75) is 99.3 Å². The van der Waals surface area contributed by atoms with Gasteiger partial charge in [-0.25, -0.2) is 8.42 Å². The fourth-order valence-electron chi connectivity index (χ4n) is 10.4. The fraction of sp³-hybridized carbons (Fsp3) is 0.595. The number of ether oxygens (including phenoxy) is 2. The lowest BCUT2D eigenvalue weighted by Gasteiger charge is -2.30. The zero-order valence-corrected chi connectivity index (χ0v) is 29.6. The maximum absolute atomic E-state index is 15.0. The average molecular weight is 707 g/mol. The average Bonchev–Trinajstić information content (AvgIpc) is 3.37. The summed E-state index contributed by atoms with van der Waals surface area (Å²) in [7, 11) is -6.18. The number of benzene rings is 2. The summed E-state index contributed by atoms with van der Waals surface area (Å²) in [6.07, 6.45) is 10.3. The molecule has 3 atom stereocenters. The maximum Gasteiger partial charge on any atom is 0.321 e. The second-order valence-electron chi connectivity index (χ2n) is 15.2. The van der Waals surface area contributed by atoms with Gasteiger partial charge in [0.2, 0.25) is 10.0 Å². The topological polar surface area (TPSA) is 129 Å². The quantitative estimate of drug-likeness (QED) is 0.305. The molecule has 2 saturated carbocycles. The van der Waals surface area contributed by atoms with E-state index in [-0.39, 0.29) is 55.8 Å². The summed E-state index contributed by atoms with van der Waals surface area (Å²) < 4.78 is 73.1. The molecule has 0 N–H and O–H groups in total. The van der Waals surface area contributed by atoms with Crippen molar-refractivity contribution < 1.29 is 31.4 Å². The van der Waals surface area contributed by atoms with Crippen molar-refractivity contribution in [1.82, 2.24) is 8.61 Å². The summed E-state index contributed by atoms with van der Waals surface area (Å²) in [5.74, 6) is -0.142. The fourth-order valence-corrected chi connectivity index (χ4v) is 14.3. The standard InChI is InChI=1S/C37H45N3O7S2/c1-46-27-12-14-29-31(20-27)33-22-37(33,48(42,43)40-25-8-9-26(40)11-10-25)21-32-30-19-24(36(41)38-49(44,45)39-15-17-47-18-16-39)7-13-28(30)34(35(29)32)23-5-3-2-4-6-23/h7,12-14,19-20,23,25-26,32-33H,2-6,8-11,15-18,21-22H2,1H3,(H,38,41)/p-1. The third-order valence-corrected chi connectivity index (χ3v) is 17.0. The summed E-state index contributed by atoms with van der Waals surface area (Å²) in [6.45, 7) is 0.841. The molecule has 2 bridgehead atoms. The van der Waals surface area contributed by atoms with Gasteiger partial charge in [-0.3, -0.25) is 0 Å². The van der Waals surface area contributed by atoms with Crippen LogP contribution in [-0.2, 0) is 25.0 Å². The number of hydrogen-bond acceptors (Lipinski definition) is 7. The minimum absolute atomic E-state index is 0.0848. The molecule has 10 nitrogen and oxygen atoms in total. The molecular formula is C37H44N3O7S2-. The molecular weight excluding hydrogens is 663 g/mol. The van der Waals surface area contributed by atoms with Crippen LogP contribution in [0.1, 0.15) is 110 Å². The lowest BCUT2D eigenvalue weighted by Crippen LogP contribution is -2.44. The summed E-state index contributed by atoms with van der Waals surface area (Å²) in [6, 6.07) is 11.8. The van der Waals surface area contributed by atoms with E-state index in [9.17, 15) is 13.5 Å². The van der Waals surface area contributed by atoms with Gasteiger partial charge >= 0.3 is 10.2 Å². The Morgan fingerprint density at radius 3 is 2.22 bits per heavy atom. The number of hydrogen-bond donors (Lipinski definition) is 0. The Hall–Kier alpha value is -2.77. The van der Waals surface area contributed by atoms with Crippen LogP contribution >= 0.6 is 0 Å². The monoisotopic (exact) mass is 706 g/mol. The third-order valence-electron chi connectivity index (χ3n) is 12.8. The number of rotatable bonds is 7. The maximum atomic E-state index is 15.0. The summed E-state index contributed by atoms with van der Waals surface area (Å²) in [5, 5.41) is 13.6. The van der Waals surface area contributed by atoms with E-state index in [4.69, 9.17) is 9.47 Å². The van der Waals surface area contributed by atoms with Crippen molar-refractivity contribution in [1.29, 1.82) is 0 Å². The van der Waals surface area contributed by atoms with E-state index >= 15 is 8.42 Å². The van der Waals surface area contributed by atoms with Crippen LogP contribution in [-0.4, -0.2) is 81.6 Å². The molecule has 3 saturated heterocycles. The van der Waals surface area contributed by atoms with Crippen molar-refractivity contribution in [2.24, 2.45) is 10.3 Å². The Kier molecular flexibility index (Phi) is 7.63. The van der Waals surface area contributed by atoms with E-state index in [0.717, 1.165) is 79.4 Å². The van der Waals surface area contributed by atoms with Gasteiger partial charge in [0.05, 0.1) is 25.1 Å². The van der Waals surface area contributed by atoms with Gasteiger partial charge in [0.25, 0.3) is 0 Å². The number of methoxy groups -OCH3 is 1. The van der Waals surface area contributed by atoms with Crippen LogP contribution < -0.4 is 9.84 Å². The molecule has 0 aromatic heterocycles. The Labute approximate surface area is 289 Å². The first-order chi connectivity index (χ1) is 23.6. The lowest BCUT2D eigenvalue weighted by molar-refractivity contribution is -0.212. The third kappa shape index (κ3) is 4.91. The van der Waals surface area contributed by atoms with Gasteiger partial charge in [0.1, 0.15) is 5.75 Å². The van der Waals surface area contributed by atoms with E-state index in [1.54, 1.807) is 13.2 Å². The van der Waals surface area contributed by atoms with Gasteiger partial charge < -0.3 is 14.6 Å². The second-order valence-corrected chi connectivity index (χ2v) is 19.0. The number of allylic oxidation sites excluding steroid dienone is 2. The Morgan fingerprint density at radius 1 is 0.857 bits per heavy atom. The van der Waals surface area contributed by atoms with Gasteiger partial charge in [-0.1, -0.05) is 37.5 Å². The Morgan fingerprint density at radius 2 is 1.53 bits per heavy atom. The van der Waals surface area contributed by atoms with E-state index in [0.29, 0.717) is 18.8 Å². The van der Waals surface area contributed by atoms with Gasteiger partial charge in [0, 0.05) is 42.9 Å². The summed E-state index contributed by atoms with van der Waals surface area (Å²) >= 11 is 0. The summed E-state index contributed by atoms with van der Waals surface area (Å²) in [5.41, 5.74) is 6.81. The highest BCUT2D eigenvalue weighted by molar-refractivity contribution is 7.91. The van der Waals surface area contributed by atoms with Crippen LogP contribution in [0.2, 0.25) is 0 Å². The molecule has 5 fully saturated rings. The molecule has 4 aliphatic carbocycles. The molecule has 0 radical (unpaired) electrons. The van der Waals surface area contributed by atoms with Crippen LogP contribution in [0, 0.1) is 5.92 Å². The molecule has 262 valence electrons. The van der Waals surface area contributed by atoms with Gasteiger partial charge in [-0.2, -0.15) is 21.4 Å². The number of nitrogens with zero attached hydrogens (tertiary/aromatic N) is 3. The van der Waals surface area contributed by atoms with E-state index < -0.39 is 30.9 Å². The highest BCUT2D eigenvalue weighted by Crippen LogP contribution is 2.70. The second kappa shape index (κ2) is 11.6. The van der Waals surface area contributed by atoms with Crippen molar-refractivity contribution in [3.63, 3.8) is 0 Å². The Balaban J connectivity index is 1.20. The zero-order valence-electron chi connectivity index (χ0n) is 28.0. The highest BCUT2D eigenvalue weighted by Gasteiger charge is 2.70. The van der Waals surface area contributed by atoms with Crippen LogP contribution in [0.3, 0.4) is 0 Å². The smallest absolute Gasteiger partial charge is 0.321 e. The first-order valence-electron chi connectivity index (χ1n) is 18.1. The predicted molar refractivity (Wildman–Crippen MR) is 185 cm³/mol. The SMILES string of the molecule is COc1ccc2c(c1)C1CC1(S(=O)(=O)N1C3CCC1CC3)CC1C2=C(C2CCCCC2)c2ccc(/C([O-])=N/S(=O)(=O)N3CCOCC3)cc21. The number of sulfonamides is 1. The van der Waals surface area contributed by atoms with Gasteiger partial charge in [0.15, 0.2) is 0 Å². The largest absolute Gasteiger partial charge is 0.858 e. The van der Waals surface area contributed by atoms with Crippen molar-refractivity contribution >= 4 is 37.3 Å². The summed E-state index contributed by atoms with van der Waals surface area (Å²) in [4.78, 5) is 0.